The number of hydrogen-bond acceptors (Lipinski definition) is 5. The summed E-state index contributed by atoms with van der Waals surface area (Å²) in [7, 11) is 0. The van der Waals surface area contributed by atoms with Crippen LogP contribution < -0.4 is 10.2 Å². The third-order valence-electron chi connectivity index (χ3n) is 6.04. The quantitative estimate of drug-likeness (QED) is 0.444. The minimum atomic E-state index is -0.526. The van der Waals surface area contributed by atoms with Crippen molar-refractivity contribution in [2.75, 3.05) is 36.4 Å². The van der Waals surface area contributed by atoms with Crippen molar-refractivity contribution in [3.05, 3.63) is 99.6 Å². The zero-order valence-corrected chi connectivity index (χ0v) is 18.9. The molecule has 174 valence electrons. The maximum Gasteiger partial charge on any atom is 0.270 e. The van der Waals surface area contributed by atoms with Crippen molar-refractivity contribution in [1.29, 1.82) is 0 Å². The van der Waals surface area contributed by atoms with E-state index in [0.29, 0.717) is 25.2 Å². The molecule has 0 atom stereocenters. The summed E-state index contributed by atoms with van der Waals surface area (Å²) >= 11 is 0. The first kappa shape index (κ1) is 23.0. The van der Waals surface area contributed by atoms with Gasteiger partial charge in [0.15, 0.2) is 0 Å². The summed E-state index contributed by atoms with van der Waals surface area (Å²) in [6.45, 7) is 4.82. The molecule has 0 spiro atoms. The van der Waals surface area contributed by atoms with E-state index >= 15 is 0 Å². The van der Waals surface area contributed by atoms with Crippen LogP contribution in [0.25, 0.3) is 0 Å². The zero-order valence-electron chi connectivity index (χ0n) is 18.9. The Balaban J connectivity index is 1.31. The molecule has 0 radical (unpaired) electrons. The highest BCUT2D eigenvalue weighted by Crippen LogP contribution is 2.21. The molecule has 1 heterocycles. The summed E-state index contributed by atoms with van der Waals surface area (Å²) in [4.78, 5) is 39.7. The lowest BCUT2D eigenvalue weighted by Gasteiger charge is -2.36. The number of nitrogens with one attached hydrogen (secondary N) is 1. The summed E-state index contributed by atoms with van der Waals surface area (Å²) < 4.78 is 0. The molecular weight excluding hydrogens is 432 g/mol. The Morgan fingerprint density at radius 1 is 0.941 bits per heavy atom. The van der Waals surface area contributed by atoms with Gasteiger partial charge in [0.1, 0.15) is 0 Å². The Kier molecular flexibility index (Phi) is 6.87. The summed E-state index contributed by atoms with van der Waals surface area (Å²) in [6, 6.07) is 21.1. The van der Waals surface area contributed by atoms with E-state index in [2.05, 4.69) is 10.2 Å². The Morgan fingerprint density at radius 2 is 1.65 bits per heavy atom. The van der Waals surface area contributed by atoms with E-state index in [1.807, 2.05) is 48.2 Å². The van der Waals surface area contributed by atoms with Crippen molar-refractivity contribution < 1.29 is 14.5 Å². The van der Waals surface area contributed by atoms with Crippen molar-refractivity contribution in [3.63, 3.8) is 0 Å². The molecule has 8 heteroatoms. The Hall–Kier alpha value is -4.20. The van der Waals surface area contributed by atoms with Crippen LogP contribution in [0.1, 0.15) is 21.5 Å². The molecule has 3 aromatic carbocycles. The predicted octanol–water partition coefficient (Wildman–Crippen LogP) is 4.05. The number of piperazine rings is 1. The van der Waals surface area contributed by atoms with Crippen LogP contribution in [0.3, 0.4) is 0 Å². The number of nitro groups is 1. The summed E-state index contributed by atoms with van der Waals surface area (Å²) in [5.41, 5.74) is 3.92. The van der Waals surface area contributed by atoms with Gasteiger partial charge < -0.3 is 15.1 Å². The van der Waals surface area contributed by atoms with Gasteiger partial charge in [-0.15, -0.1) is 0 Å². The number of nitro benzene ring substituents is 1. The molecule has 1 fully saturated rings. The molecule has 0 aromatic heterocycles. The lowest BCUT2D eigenvalue weighted by Crippen LogP contribution is -2.49. The van der Waals surface area contributed by atoms with Crippen LogP contribution in [-0.2, 0) is 11.2 Å². The lowest BCUT2D eigenvalue weighted by molar-refractivity contribution is -0.384. The Labute approximate surface area is 198 Å². The maximum absolute atomic E-state index is 12.7. The van der Waals surface area contributed by atoms with Gasteiger partial charge in [0.2, 0.25) is 5.91 Å². The number of rotatable bonds is 6. The molecule has 0 unspecified atom stereocenters. The lowest BCUT2D eigenvalue weighted by atomic mass is 10.1. The Morgan fingerprint density at radius 3 is 2.32 bits per heavy atom. The first-order valence-electron chi connectivity index (χ1n) is 11.1. The number of nitrogens with zero attached hydrogens (tertiary/aromatic N) is 3. The standard InChI is InChI=1S/C26H26N4O4/c1-19-5-2-3-6-20(19)18-25(31)29-15-13-28(14-16-29)23-11-9-22(10-12-23)27-26(32)21-7-4-8-24(17-21)30(33)34/h2-12,17H,13-16,18H2,1H3,(H,27,32). The molecule has 34 heavy (non-hydrogen) atoms. The second kappa shape index (κ2) is 10.2. The van der Waals surface area contributed by atoms with E-state index in [4.69, 9.17) is 0 Å². The van der Waals surface area contributed by atoms with E-state index < -0.39 is 10.8 Å². The number of aryl methyl sites for hydroxylation is 1. The fourth-order valence-corrected chi connectivity index (χ4v) is 4.02. The van der Waals surface area contributed by atoms with Crippen molar-refractivity contribution in [2.45, 2.75) is 13.3 Å². The molecule has 1 saturated heterocycles. The molecule has 3 aromatic rings. The molecule has 0 bridgehead atoms. The molecule has 1 aliphatic rings. The molecule has 4 rings (SSSR count). The number of benzene rings is 3. The predicted molar refractivity (Wildman–Crippen MR) is 131 cm³/mol. The minimum absolute atomic E-state index is 0.125. The number of anilines is 2. The van der Waals surface area contributed by atoms with Gasteiger partial charge in [0, 0.05) is 55.2 Å². The third-order valence-corrected chi connectivity index (χ3v) is 6.04. The summed E-state index contributed by atoms with van der Waals surface area (Å²) in [5, 5.41) is 13.7. The van der Waals surface area contributed by atoms with Crippen molar-refractivity contribution >= 4 is 28.9 Å². The largest absolute Gasteiger partial charge is 0.368 e. The first-order chi connectivity index (χ1) is 16.4. The monoisotopic (exact) mass is 458 g/mol. The molecule has 2 amide bonds. The van der Waals surface area contributed by atoms with Gasteiger partial charge in [-0.1, -0.05) is 30.3 Å². The smallest absolute Gasteiger partial charge is 0.270 e. The van der Waals surface area contributed by atoms with Crippen LogP contribution in [0.2, 0.25) is 0 Å². The Bertz CT molecular complexity index is 1200. The topological polar surface area (TPSA) is 95.8 Å². The van der Waals surface area contributed by atoms with Crippen molar-refractivity contribution in [2.24, 2.45) is 0 Å². The number of hydrogen-bond donors (Lipinski definition) is 1. The first-order valence-corrected chi connectivity index (χ1v) is 11.1. The zero-order chi connectivity index (χ0) is 24.1. The van der Waals surface area contributed by atoms with Gasteiger partial charge in [-0.05, 0) is 48.4 Å². The van der Waals surface area contributed by atoms with E-state index in [9.17, 15) is 19.7 Å². The highest BCUT2D eigenvalue weighted by molar-refractivity contribution is 6.04. The average molecular weight is 459 g/mol. The van der Waals surface area contributed by atoms with E-state index in [0.717, 1.165) is 29.9 Å². The molecule has 0 aliphatic carbocycles. The van der Waals surface area contributed by atoms with Crippen LogP contribution in [-0.4, -0.2) is 47.8 Å². The van der Waals surface area contributed by atoms with Gasteiger partial charge in [-0.25, -0.2) is 0 Å². The van der Waals surface area contributed by atoms with E-state index in [1.54, 1.807) is 12.1 Å². The number of carbonyl (C=O) groups is 2. The molecule has 8 nitrogen and oxygen atoms in total. The van der Waals surface area contributed by atoms with Gasteiger partial charge in [-0.3, -0.25) is 19.7 Å². The van der Waals surface area contributed by atoms with Crippen LogP contribution in [0.5, 0.6) is 0 Å². The second-order valence-electron chi connectivity index (χ2n) is 8.28. The molecular formula is C26H26N4O4. The highest BCUT2D eigenvalue weighted by atomic mass is 16.6. The fraction of sp³-hybridized carbons (Fsp3) is 0.231. The maximum atomic E-state index is 12.7. The van der Waals surface area contributed by atoms with Crippen LogP contribution in [0, 0.1) is 17.0 Å². The molecule has 1 N–H and O–H groups in total. The van der Waals surface area contributed by atoms with Crippen LogP contribution >= 0.6 is 0 Å². The fourth-order valence-electron chi connectivity index (χ4n) is 4.02. The van der Waals surface area contributed by atoms with Crippen molar-refractivity contribution in [3.8, 4) is 0 Å². The van der Waals surface area contributed by atoms with Crippen molar-refractivity contribution in [1.82, 2.24) is 4.90 Å². The van der Waals surface area contributed by atoms with Gasteiger partial charge in [0.25, 0.3) is 11.6 Å². The van der Waals surface area contributed by atoms with Crippen LogP contribution in [0.4, 0.5) is 17.1 Å². The number of non-ortho nitro benzene ring substituents is 1. The number of carbonyl (C=O) groups excluding carboxylic acids is 2. The van der Waals surface area contributed by atoms with E-state index in [1.165, 1.54) is 24.3 Å². The van der Waals surface area contributed by atoms with Gasteiger partial charge >= 0.3 is 0 Å². The second-order valence-corrected chi connectivity index (χ2v) is 8.28. The highest BCUT2D eigenvalue weighted by Gasteiger charge is 2.22. The molecule has 0 saturated carbocycles. The SMILES string of the molecule is Cc1ccccc1CC(=O)N1CCN(c2ccc(NC(=O)c3cccc([N+](=O)[O-])c3)cc2)CC1. The normalized spacial score (nSPS) is 13.4. The summed E-state index contributed by atoms with van der Waals surface area (Å²) in [5.74, 6) is -0.259. The average Bonchev–Trinajstić information content (AvgIpc) is 2.86. The van der Waals surface area contributed by atoms with Gasteiger partial charge in [-0.2, -0.15) is 0 Å². The number of amides is 2. The van der Waals surface area contributed by atoms with E-state index in [-0.39, 0.29) is 17.2 Å². The van der Waals surface area contributed by atoms with Gasteiger partial charge in [0.05, 0.1) is 11.3 Å². The minimum Gasteiger partial charge on any atom is -0.368 e. The molecule has 1 aliphatic heterocycles. The third kappa shape index (κ3) is 5.40. The van der Waals surface area contributed by atoms with Crippen LogP contribution in [0.15, 0.2) is 72.8 Å². The summed E-state index contributed by atoms with van der Waals surface area (Å²) in [6.07, 6.45) is 0.422.